The van der Waals surface area contributed by atoms with Crippen LogP contribution in [0, 0.1) is 11.3 Å². The van der Waals surface area contributed by atoms with Gasteiger partial charge in [-0.05, 0) is 26.2 Å². The zero-order chi connectivity index (χ0) is 16.0. The van der Waals surface area contributed by atoms with Crippen molar-refractivity contribution in [2.45, 2.75) is 54.2 Å². The second kappa shape index (κ2) is 8.12. The highest BCUT2D eigenvalue weighted by molar-refractivity contribution is 6.59. The van der Waals surface area contributed by atoms with Gasteiger partial charge in [0.05, 0.1) is 19.1 Å². The molecule has 0 aromatic heterocycles. The molecular formula is C14H30O5Si. The van der Waals surface area contributed by atoms with E-state index in [1.165, 1.54) is 7.11 Å². The van der Waals surface area contributed by atoms with Gasteiger partial charge in [-0.15, -0.1) is 0 Å². The predicted molar refractivity (Wildman–Crippen MR) is 80.4 cm³/mol. The lowest BCUT2D eigenvalue weighted by Gasteiger charge is -2.39. The molecule has 0 radical (unpaired) electrons. The van der Waals surface area contributed by atoms with E-state index in [0.29, 0.717) is 13.2 Å². The van der Waals surface area contributed by atoms with Crippen molar-refractivity contribution in [2.75, 3.05) is 20.3 Å². The third-order valence-electron chi connectivity index (χ3n) is 3.03. The van der Waals surface area contributed by atoms with Gasteiger partial charge in [-0.1, -0.05) is 20.8 Å². The maximum atomic E-state index is 11.8. The molecule has 120 valence electrons. The summed E-state index contributed by atoms with van der Waals surface area (Å²) in [6.07, 6.45) is -0.329. The van der Waals surface area contributed by atoms with Crippen LogP contribution < -0.4 is 0 Å². The molecule has 5 nitrogen and oxygen atoms in total. The normalized spacial score (nSPS) is 15.8. The van der Waals surface area contributed by atoms with Crippen molar-refractivity contribution in [3.05, 3.63) is 0 Å². The van der Waals surface area contributed by atoms with E-state index in [1.807, 2.05) is 48.1 Å². The number of hydrogen-bond acceptors (Lipinski definition) is 5. The Kier molecular flexibility index (Phi) is 7.94. The van der Waals surface area contributed by atoms with Gasteiger partial charge < -0.3 is 18.0 Å². The SMILES string of the molecule is CCO[Si](C)(OCC)O[C@@H]([C@@H](C)C(=O)OC)C(C)(C)C. The predicted octanol–water partition coefficient (Wildman–Crippen LogP) is 2.87. The lowest BCUT2D eigenvalue weighted by molar-refractivity contribution is -0.152. The maximum Gasteiger partial charge on any atom is 0.497 e. The molecule has 0 aromatic rings. The summed E-state index contributed by atoms with van der Waals surface area (Å²) < 4.78 is 22.4. The van der Waals surface area contributed by atoms with Gasteiger partial charge in [0.1, 0.15) is 0 Å². The van der Waals surface area contributed by atoms with E-state index in [9.17, 15) is 4.79 Å². The summed E-state index contributed by atoms with van der Waals surface area (Å²) in [6.45, 7) is 14.6. The minimum atomic E-state index is -2.75. The van der Waals surface area contributed by atoms with Gasteiger partial charge in [-0.25, -0.2) is 0 Å². The van der Waals surface area contributed by atoms with Crippen molar-refractivity contribution in [3.8, 4) is 0 Å². The van der Waals surface area contributed by atoms with Crippen LogP contribution in [0.5, 0.6) is 0 Å². The molecule has 0 aliphatic carbocycles. The van der Waals surface area contributed by atoms with Gasteiger partial charge in [-0.3, -0.25) is 4.79 Å². The molecule has 0 saturated heterocycles. The van der Waals surface area contributed by atoms with Gasteiger partial charge in [-0.2, -0.15) is 0 Å². The number of methoxy groups -OCH3 is 1. The largest absolute Gasteiger partial charge is 0.497 e. The van der Waals surface area contributed by atoms with Crippen LogP contribution >= 0.6 is 0 Å². The molecule has 0 heterocycles. The molecular weight excluding hydrogens is 276 g/mol. The Bertz CT molecular complexity index is 294. The number of esters is 1. The van der Waals surface area contributed by atoms with Crippen LogP contribution in [0.15, 0.2) is 0 Å². The molecule has 0 amide bonds. The highest BCUT2D eigenvalue weighted by atomic mass is 28.4. The molecule has 0 spiro atoms. The van der Waals surface area contributed by atoms with Gasteiger partial charge in [0.2, 0.25) is 0 Å². The molecule has 0 rings (SSSR count). The van der Waals surface area contributed by atoms with Crippen LogP contribution in [0.1, 0.15) is 41.5 Å². The van der Waals surface area contributed by atoms with E-state index in [1.54, 1.807) is 0 Å². The fraction of sp³-hybridized carbons (Fsp3) is 0.929. The molecule has 0 N–H and O–H groups in total. The molecule has 20 heavy (non-hydrogen) atoms. The Labute approximate surface area is 124 Å². The number of carbonyl (C=O) groups is 1. The fourth-order valence-electron chi connectivity index (χ4n) is 2.20. The topological polar surface area (TPSA) is 54.0 Å². The van der Waals surface area contributed by atoms with Crippen LogP contribution in [0.4, 0.5) is 0 Å². The first-order valence-electron chi connectivity index (χ1n) is 7.14. The smallest absolute Gasteiger partial charge is 0.469 e. The van der Waals surface area contributed by atoms with Crippen molar-refractivity contribution in [3.63, 3.8) is 0 Å². The van der Waals surface area contributed by atoms with Crippen molar-refractivity contribution in [1.29, 1.82) is 0 Å². The van der Waals surface area contributed by atoms with Crippen molar-refractivity contribution in [2.24, 2.45) is 11.3 Å². The lowest BCUT2D eigenvalue weighted by atomic mass is 9.82. The highest BCUT2D eigenvalue weighted by Crippen LogP contribution is 2.32. The zero-order valence-electron chi connectivity index (χ0n) is 14.1. The zero-order valence-corrected chi connectivity index (χ0v) is 15.1. The first kappa shape index (κ1) is 19.6. The van der Waals surface area contributed by atoms with Crippen molar-refractivity contribution < 1.29 is 22.8 Å². The molecule has 0 saturated carbocycles. The minimum absolute atomic E-state index is 0.226. The second-order valence-electron chi connectivity index (χ2n) is 5.94. The van der Waals surface area contributed by atoms with Gasteiger partial charge in [0.25, 0.3) is 0 Å². The average Bonchev–Trinajstić information content (AvgIpc) is 2.33. The van der Waals surface area contributed by atoms with E-state index < -0.39 is 8.80 Å². The van der Waals surface area contributed by atoms with Crippen LogP contribution in [0.25, 0.3) is 0 Å². The molecule has 0 aliphatic rings. The number of rotatable bonds is 8. The molecule has 0 unspecified atom stereocenters. The first-order chi connectivity index (χ1) is 9.11. The Morgan fingerprint density at radius 2 is 1.60 bits per heavy atom. The van der Waals surface area contributed by atoms with E-state index >= 15 is 0 Å². The summed E-state index contributed by atoms with van der Waals surface area (Å²) in [6, 6.07) is 0. The first-order valence-corrected chi connectivity index (χ1v) is 9.37. The number of hydrogen-bond donors (Lipinski definition) is 0. The summed E-state index contributed by atoms with van der Waals surface area (Å²) in [7, 11) is -1.36. The van der Waals surface area contributed by atoms with Gasteiger partial charge in [0, 0.05) is 19.8 Å². The quantitative estimate of drug-likeness (QED) is 0.510. The summed E-state index contributed by atoms with van der Waals surface area (Å²) >= 11 is 0. The molecule has 0 fully saturated rings. The molecule has 2 atom stereocenters. The van der Waals surface area contributed by atoms with Gasteiger partial charge in [0.15, 0.2) is 0 Å². The fourth-order valence-corrected chi connectivity index (χ4v) is 4.49. The standard InChI is InChI=1S/C14H30O5Si/c1-9-17-20(8,18-10-2)19-12(14(4,5)6)11(3)13(15)16-7/h11-12H,9-10H2,1-8H3/t11-,12+/m1/s1. The van der Waals surface area contributed by atoms with Gasteiger partial charge >= 0.3 is 14.8 Å². The second-order valence-corrected chi connectivity index (χ2v) is 8.48. The Morgan fingerprint density at radius 3 is 1.90 bits per heavy atom. The van der Waals surface area contributed by atoms with E-state index in [0.717, 1.165) is 0 Å². The molecule has 0 aliphatic heterocycles. The average molecular weight is 306 g/mol. The summed E-state index contributed by atoms with van der Waals surface area (Å²) in [5, 5.41) is 0. The van der Waals surface area contributed by atoms with Crippen LogP contribution in [-0.4, -0.2) is 41.2 Å². The molecule has 6 heteroatoms. The third kappa shape index (κ3) is 5.91. The van der Waals surface area contributed by atoms with E-state index in [2.05, 4.69) is 0 Å². The Balaban J connectivity index is 5.19. The van der Waals surface area contributed by atoms with Crippen LogP contribution in [-0.2, 0) is 22.8 Å². The summed E-state index contributed by atoms with van der Waals surface area (Å²) in [5.74, 6) is -0.665. The number of carbonyl (C=O) groups excluding carboxylic acids is 1. The molecule has 0 bridgehead atoms. The van der Waals surface area contributed by atoms with Crippen molar-refractivity contribution in [1.82, 2.24) is 0 Å². The van der Waals surface area contributed by atoms with Crippen LogP contribution in [0.2, 0.25) is 6.55 Å². The monoisotopic (exact) mass is 306 g/mol. The molecule has 0 aromatic carbocycles. The van der Waals surface area contributed by atoms with Crippen molar-refractivity contribution >= 4 is 14.8 Å². The maximum absolute atomic E-state index is 11.8. The van der Waals surface area contributed by atoms with E-state index in [4.69, 9.17) is 18.0 Å². The highest BCUT2D eigenvalue weighted by Gasteiger charge is 2.44. The van der Waals surface area contributed by atoms with E-state index in [-0.39, 0.29) is 23.4 Å². The summed E-state index contributed by atoms with van der Waals surface area (Å²) in [4.78, 5) is 11.8. The Hall–Kier alpha value is -0.433. The lowest BCUT2D eigenvalue weighted by Crippen LogP contribution is -2.52. The minimum Gasteiger partial charge on any atom is -0.469 e. The number of ether oxygens (including phenoxy) is 1. The third-order valence-corrected chi connectivity index (χ3v) is 5.34. The summed E-state index contributed by atoms with van der Waals surface area (Å²) in [5.41, 5.74) is -0.226. The van der Waals surface area contributed by atoms with Crippen LogP contribution in [0.3, 0.4) is 0 Å². The Morgan fingerprint density at radius 1 is 1.15 bits per heavy atom.